The molecule has 1 aliphatic heterocycles. The number of nitrogens with zero attached hydrogens (tertiary/aromatic N) is 1. The monoisotopic (exact) mass is 574 g/mol. The van der Waals surface area contributed by atoms with Crippen molar-refractivity contribution >= 4 is 69.2 Å². The Morgan fingerprint density at radius 3 is 2.49 bits per heavy atom. The highest BCUT2D eigenvalue weighted by atomic mass is 35.5. The van der Waals surface area contributed by atoms with Crippen LogP contribution in [0.3, 0.4) is 0 Å². The van der Waals surface area contributed by atoms with Crippen molar-refractivity contribution in [3.8, 4) is 5.75 Å². The largest absolute Gasteiger partial charge is 0.489 e. The predicted octanol–water partition coefficient (Wildman–Crippen LogP) is 7.72. The summed E-state index contributed by atoms with van der Waals surface area (Å²) in [7, 11) is 0. The van der Waals surface area contributed by atoms with Gasteiger partial charge >= 0.3 is 0 Å². The summed E-state index contributed by atoms with van der Waals surface area (Å²) in [6, 6.07) is 27.0. The van der Waals surface area contributed by atoms with E-state index in [0.29, 0.717) is 43.5 Å². The molecule has 4 aromatic carbocycles. The Kier molecular flexibility index (Phi) is 8.07. The summed E-state index contributed by atoms with van der Waals surface area (Å²) in [4.78, 5) is 27.9. The molecule has 5 rings (SSSR count). The van der Waals surface area contributed by atoms with Gasteiger partial charge in [0.2, 0.25) is 0 Å². The van der Waals surface area contributed by atoms with Crippen molar-refractivity contribution in [2.75, 3.05) is 10.2 Å². The zero-order chi connectivity index (χ0) is 27.4. The van der Waals surface area contributed by atoms with Crippen molar-refractivity contribution in [2.24, 2.45) is 0 Å². The average molecular weight is 575 g/mol. The summed E-state index contributed by atoms with van der Waals surface area (Å²) in [5.74, 6) is -0.383. The molecule has 4 aromatic rings. The number of hydrogen-bond acceptors (Lipinski definition) is 5. The van der Waals surface area contributed by atoms with Crippen LogP contribution in [0.1, 0.15) is 21.5 Å². The van der Waals surface area contributed by atoms with Crippen molar-refractivity contribution in [2.45, 2.75) is 6.61 Å². The highest BCUT2D eigenvalue weighted by Crippen LogP contribution is 2.36. The number of halogens is 2. The van der Waals surface area contributed by atoms with Gasteiger partial charge in [0.25, 0.3) is 11.8 Å². The fraction of sp³-hybridized carbons (Fsp3) is 0.0333. The number of benzene rings is 4. The molecule has 0 unspecified atom stereocenters. The molecule has 2 amide bonds. The van der Waals surface area contributed by atoms with E-state index < -0.39 is 5.82 Å². The number of hydrogen-bond donors (Lipinski definition) is 1. The van der Waals surface area contributed by atoms with Gasteiger partial charge in [-0.25, -0.2) is 4.39 Å². The van der Waals surface area contributed by atoms with Gasteiger partial charge in [0.1, 0.15) is 18.2 Å². The fourth-order valence-corrected chi connectivity index (χ4v) is 5.29. The summed E-state index contributed by atoms with van der Waals surface area (Å²) in [5, 5.41) is 3.37. The van der Waals surface area contributed by atoms with Crippen LogP contribution in [0.15, 0.2) is 102 Å². The second kappa shape index (κ2) is 11.8. The second-order valence-electron chi connectivity index (χ2n) is 8.48. The zero-order valence-electron chi connectivity index (χ0n) is 20.3. The number of anilines is 2. The van der Waals surface area contributed by atoms with Crippen molar-refractivity contribution < 1.29 is 18.7 Å². The van der Waals surface area contributed by atoms with Crippen LogP contribution in [-0.4, -0.2) is 16.1 Å². The van der Waals surface area contributed by atoms with Crippen LogP contribution in [-0.2, 0) is 11.4 Å². The van der Waals surface area contributed by atoms with Crippen LogP contribution < -0.4 is 15.0 Å². The van der Waals surface area contributed by atoms with Gasteiger partial charge in [0, 0.05) is 21.8 Å². The number of carbonyl (C=O) groups is 2. The number of carbonyl (C=O) groups excluding carboxylic acids is 2. The quantitative estimate of drug-likeness (QED) is 0.181. The smallest absolute Gasteiger partial charge is 0.270 e. The van der Waals surface area contributed by atoms with E-state index in [1.807, 2.05) is 48.5 Å². The molecule has 1 aliphatic rings. The van der Waals surface area contributed by atoms with E-state index >= 15 is 0 Å². The second-order valence-corrected chi connectivity index (χ2v) is 10.6. The number of ether oxygens (including phenoxy) is 1. The predicted molar refractivity (Wildman–Crippen MR) is 159 cm³/mol. The van der Waals surface area contributed by atoms with Gasteiger partial charge in [-0.05, 0) is 72.3 Å². The summed E-state index contributed by atoms with van der Waals surface area (Å²) in [6.07, 6.45) is 1.77. The highest BCUT2D eigenvalue weighted by molar-refractivity contribution is 8.27. The van der Waals surface area contributed by atoms with E-state index in [4.69, 9.17) is 28.6 Å². The van der Waals surface area contributed by atoms with E-state index in [0.717, 1.165) is 11.1 Å². The van der Waals surface area contributed by atoms with Gasteiger partial charge in [-0.3, -0.25) is 14.5 Å². The van der Waals surface area contributed by atoms with Gasteiger partial charge in [-0.2, -0.15) is 0 Å². The highest BCUT2D eigenvalue weighted by Gasteiger charge is 2.33. The Hall–Kier alpha value is -3.98. The van der Waals surface area contributed by atoms with Crippen molar-refractivity contribution in [1.82, 2.24) is 0 Å². The number of thioether (sulfide) groups is 1. The Balaban J connectivity index is 1.27. The fourth-order valence-electron chi connectivity index (χ4n) is 3.80. The van der Waals surface area contributed by atoms with Crippen molar-refractivity contribution in [1.29, 1.82) is 0 Å². The Morgan fingerprint density at radius 1 is 1.00 bits per heavy atom. The molecular weight excluding hydrogens is 555 g/mol. The molecule has 9 heteroatoms. The minimum absolute atomic E-state index is 0.278. The van der Waals surface area contributed by atoms with Crippen LogP contribution in [0.2, 0.25) is 5.02 Å². The van der Waals surface area contributed by atoms with Crippen molar-refractivity contribution in [3.05, 3.63) is 129 Å². The van der Waals surface area contributed by atoms with Gasteiger partial charge in [0.05, 0.1) is 10.6 Å². The third-order valence-corrected chi connectivity index (χ3v) is 7.46. The minimum Gasteiger partial charge on any atom is -0.489 e. The summed E-state index contributed by atoms with van der Waals surface area (Å²) >= 11 is 12.9. The third kappa shape index (κ3) is 6.37. The molecule has 1 saturated heterocycles. The van der Waals surface area contributed by atoms with E-state index in [1.165, 1.54) is 40.9 Å². The standard InChI is InChI=1S/C30H20ClFN2O3S2/c31-26-7-2-1-4-21(26)18-37-25-14-8-19(9-15-25)16-27-29(36)34(30(38)39-27)24-6-3-5-20(17-24)28(35)33-23-12-10-22(32)11-13-23/h1-17H,18H2,(H,33,35)/b27-16+. The molecule has 194 valence electrons. The molecule has 0 atom stereocenters. The first-order valence-electron chi connectivity index (χ1n) is 11.8. The maximum atomic E-state index is 13.3. The first kappa shape index (κ1) is 26.6. The van der Waals surface area contributed by atoms with E-state index in [2.05, 4.69) is 5.32 Å². The van der Waals surface area contributed by atoms with Crippen LogP contribution in [0, 0.1) is 5.82 Å². The van der Waals surface area contributed by atoms with Gasteiger partial charge < -0.3 is 10.1 Å². The van der Waals surface area contributed by atoms with Gasteiger partial charge in [-0.15, -0.1) is 0 Å². The molecule has 0 aliphatic carbocycles. The van der Waals surface area contributed by atoms with Gasteiger partial charge in [-0.1, -0.05) is 72.0 Å². The van der Waals surface area contributed by atoms with Crippen LogP contribution in [0.25, 0.3) is 6.08 Å². The topological polar surface area (TPSA) is 58.6 Å². The molecular formula is C30H20ClFN2O3S2. The molecule has 0 radical (unpaired) electrons. The number of rotatable bonds is 7. The maximum absolute atomic E-state index is 13.3. The first-order valence-corrected chi connectivity index (χ1v) is 13.4. The molecule has 0 aromatic heterocycles. The summed E-state index contributed by atoms with van der Waals surface area (Å²) in [5.41, 5.74) is 2.98. The average Bonchev–Trinajstić information content (AvgIpc) is 3.22. The van der Waals surface area contributed by atoms with Crippen molar-refractivity contribution in [3.63, 3.8) is 0 Å². The molecule has 0 bridgehead atoms. The minimum atomic E-state index is -0.393. The molecule has 1 N–H and O–H groups in total. The lowest BCUT2D eigenvalue weighted by atomic mass is 10.1. The van der Waals surface area contributed by atoms with Gasteiger partial charge in [0.15, 0.2) is 4.32 Å². The number of amides is 2. The molecule has 1 fully saturated rings. The normalized spacial score (nSPS) is 14.1. The van der Waals surface area contributed by atoms with Crippen LogP contribution in [0.4, 0.5) is 15.8 Å². The first-order chi connectivity index (χ1) is 18.9. The van der Waals surface area contributed by atoms with E-state index in [-0.39, 0.29) is 11.8 Å². The lowest BCUT2D eigenvalue weighted by Gasteiger charge is -2.15. The van der Waals surface area contributed by atoms with E-state index in [9.17, 15) is 14.0 Å². The summed E-state index contributed by atoms with van der Waals surface area (Å²) in [6.45, 7) is 0.346. The zero-order valence-corrected chi connectivity index (χ0v) is 22.7. The Morgan fingerprint density at radius 2 is 1.74 bits per heavy atom. The van der Waals surface area contributed by atoms with E-state index in [1.54, 1.807) is 30.3 Å². The number of thiocarbonyl (C=S) groups is 1. The summed E-state index contributed by atoms with van der Waals surface area (Å²) < 4.78 is 19.3. The van der Waals surface area contributed by atoms with Crippen LogP contribution in [0.5, 0.6) is 5.75 Å². The molecule has 1 heterocycles. The Labute approximate surface area is 239 Å². The molecule has 39 heavy (non-hydrogen) atoms. The molecule has 5 nitrogen and oxygen atoms in total. The van der Waals surface area contributed by atoms with Crippen LogP contribution >= 0.6 is 35.6 Å². The maximum Gasteiger partial charge on any atom is 0.270 e. The number of nitrogens with one attached hydrogen (secondary N) is 1. The molecule has 0 spiro atoms. The molecule has 0 saturated carbocycles. The SMILES string of the molecule is O=C(Nc1ccc(F)cc1)c1cccc(N2C(=O)/C(=C\c3ccc(OCc4ccccc4Cl)cc3)SC2=S)c1. The Bertz CT molecular complexity index is 1590. The lowest BCUT2D eigenvalue weighted by molar-refractivity contribution is -0.113. The third-order valence-electron chi connectivity index (χ3n) is 5.79. The lowest BCUT2D eigenvalue weighted by Crippen LogP contribution is -2.27.